The van der Waals surface area contributed by atoms with Crippen LogP contribution in [0, 0.1) is 0 Å². The Balaban J connectivity index is 0.000000980. The first-order valence-electron chi connectivity index (χ1n) is 4.55. The highest BCUT2D eigenvalue weighted by Gasteiger charge is 2.05. The molecule has 0 atom stereocenters. The number of hydrogen-bond donors (Lipinski definition) is 2. The Kier molecular flexibility index (Phi) is 3.98. The lowest BCUT2D eigenvalue weighted by Crippen LogP contribution is -2.21. The first-order chi connectivity index (χ1) is 6.36. The summed E-state index contributed by atoms with van der Waals surface area (Å²) < 4.78 is 0. The molecule has 1 aromatic carbocycles. The summed E-state index contributed by atoms with van der Waals surface area (Å²) in [7, 11) is 0. The third-order valence-corrected chi connectivity index (χ3v) is 2.24. The van der Waals surface area contributed by atoms with Gasteiger partial charge in [-0.1, -0.05) is 18.2 Å². The number of phenolic OH excluding ortho intramolecular Hbond substituents is 1. The molecule has 0 fully saturated rings. The average molecular weight is 212 g/mol. The fourth-order valence-electron chi connectivity index (χ4n) is 1.57. The molecule has 0 saturated heterocycles. The molecule has 2 nitrogen and oxygen atoms in total. The molecule has 14 heavy (non-hydrogen) atoms. The molecule has 0 spiro atoms. The lowest BCUT2D eigenvalue weighted by atomic mass is 10.0. The topological polar surface area (TPSA) is 32.3 Å². The van der Waals surface area contributed by atoms with Gasteiger partial charge in [-0.3, -0.25) is 0 Å². The Morgan fingerprint density at radius 2 is 2.14 bits per heavy atom. The maximum absolute atomic E-state index is 9.30. The van der Waals surface area contributed by atoms with Gasteiger partial charge in [-0.15, -0.1) is 12.4 Å². The summed E-state index contributed by atoms with van der Waals surface area (Å²) in [5, 5.41) is 12.6. The van der Waals surface area contributed by atoms with E-state index in [2.05, 4.69) is 11.4 Å². The van der Waals surface area contributed by atoms with Gasteiger partial charge < -0.3 is 10.4 Å². The van der Waals surface area contributed by atoms with E-state index in [1.54, 1.807) is 12.1 Å². The van der Waals surface area contributed by atoms with Crippen molar-refractivity contribution in [3.63, 3.8) is 0 Å². The molecular formula is C11H14ClNO. The second kappa shape index (κ2) is 5.03. The predicted molar refractivity (Wildman–Crippen MR) is 60.8 cm³/mol. The molecule has 76 valence electrons. The third-order valence-electron chi connectivity index (χ3n) is 2.24. The molecule has 1 aliphatic heterocycles. The Bertz CT molecular complexity index is 336. The van der Waals surface area contributed by atoms with Crippen molar-refractivity contribution in [2.45, 2.75) is 6.42 Å². The molecule has 0 radical (unpaired) electrons. The van der Waals surface area contributed by atoms with E-state index in [0.717, 1.165) is 25.1 Å². The van der Waals surface area contributed by atoms with Crippen molar-refractivity contribution in [2.24, 2.45) is 0 Å². The molecule has 0 aromatic heterocycles. The highest BCUT2D eigenvalue weighted by Crippen LogP contribution is 2.20. The molecule has 0 bridgehead atoms. The van der Waals surface area contributed by atoms with Gasteiger partial charge in [0.15, 0.2) is 0 Å². The summed E-state index contributed by atoms with van der Waals surface area (Å²) in [4.78, 5) is 0. The van der Waals surface area contributed by atoms with Gasteiger partial charge in [0.1, 0.15) is 5.75 Å². The van der Waals surface area contributed by atoms with Crippen molar-refractivity contribution in [3.05, 3.63) is 35.9 Å². The monoisotopic (exact) mass is 211 g/mol. The Hall–Kier alpha value is -0.990. The molecule has 0 aliphatic carbocycles. The zero-order chi connectivity index (χ0) is 9.10. The van der Waals surface area contributed by atoms with Crippen LogP contribution in [0.5, 0.6) is 5.75 Å². The van der Waals surface area contributed by atoms with Crippen LogP contribution in [0.1, 0.15) is 12.0 Å². The molecule has 1 aliphatic rings. The van der Waals surface area contributed by atoms with Gasteiger partial charge in [0, 0.05) is 6.54 Å². The summed E-state index contributed by atoms with van der Waals surface area (Å²) in [6.07, 6.45) is 3.30. The molecule has 1 heterocycles. The van der Waals surface area contributed by atoms with Gasteiger partial charge in [0.05, 0.1) is 0 Å². The Labute approximate surface area is 90.1 Å². The Morgan fingerprint density at radius 3 is 2.79 bits per heavy atom. The SMILES string of the molecule is Cl.Oc1cccc(C2=CCCNC2)c1. The van der Waals surface area contributed by atoms with Crippen molar-refractivity contribution in [3.8, 4) is 5.75 Å². The number of hydrogen-bond acceptors (Lipinski definition) is 2. The van der Waals surface area contributed by atoms with Gasteiger partial charge in [-0.05, 0) is 36.2 Å². The largest absolute Gasteiger partial charge is 0.508 e. The zero-order valence-electron chi connectivity index (χ0n) is 7.86. The molecule has 3 heteroatoms. The van der Waals surface area contributed by atoms with Crippen molar-refractivity contribution in [1.29, 1.82) is 0 Å². The van der Waals surface area contributed by atoms with Crippen molar-refractivity contribution in [1.82, 2.24) is 5.32 Å². The second-order valence-electron chi connectivity index (χ2n) is 3.25. The summed E-state index contributed by atoms with van der Waals surface area (Å²) in [5.41, 5.74) is 2.40. The number of rotatable bonds is 1. The van der Waals surface area contributed by atoms with Crippen LogP contribution in [-0.2, 0) is 0 Å². The fraction of sp³-hybridized carbons (Fsp3) is 0.273. The van der Waals surface area contributed by atoms with Crippen LogP contribution >= 0.6 is 12.4 Å². The van der Waals surface area contributed by atoms with Crippen molar-refractivity contribution in [2.75, 3.05) is 13.1 Å². The fourth-order valence-corrected chi connectivity index (χ4v) is 1.57. The first kappa shape index (κ1) is 11.1. The van der Waals surface area contributed by atoms with E-state index < -0.39 is 0 Å². The van der Waals surface area contributed by atoms with Gasteiger partial charge in [-0.2, -0.15) is 0 Å². The Morgan fingerprint density at radius 1 is 1.29 bits per heavy atom. The van der Waals surface area contributed by atoms with Crippen LogP contribution in [0.25, 0.3) is 5.57 Å². The van der Waals surface area contributed by atoms with Crippen LogP contribution in [0.4, 0.5) is 0 Å². The van der Waals surface area contributed by atoms with Crippen molar-refractivity contribution < 1.29 is 5.11 Å². The maximum Gasteiger partial charge on any atom is 0.116 e. The van der Waals surface area contributed by atoms with Crippen LogP contribution in [0.3, 0.4) is 0 Å². The smallest absolute Gasteiger partial charge is 0.116 e. The summed E-state index contributed by atoms with van der Waals surface area (Å²) in [6.45, 7) is 1.96. The average Bonchev–Trinajstić information content (AvgIpc) is 2.19. The standard InChI is InChI=1S/C11H13NO.ClH/c13-11-5-1-3-9(7-11)10-4-2-6-12-8-10;/h1,3-5,7,12-13H,2,6,8H2;1H. The highest BCUT2D eigenvalue weighted by molar-refractivity contribution is 5.85. The van der Waals surface area contributed by atoms with Gasteiger partial charge >= 0.3 is 0 Å². The zero-order valence-corrected chi connectivity index (χ0v) is 8.68. The van der Waals surface area contributed by atoms with Crippen LogP contribution < -0.4 is 5.32 Å². The molecule has 1 aromatic rings. The molecule has 0 saturated carbocycles. The number of aromatic hydroxyl groups is 1. The summed E-state index contributed by atoms with van der Waals surface area (Å²) in [5.74, 6) is 0.337. The first-order valence-corrected chi connectivity index (χ1v) is 4.55. The quantitative estimate of drug-likeness (QED) is 0.747. The molecular weight excluding hydrogens is 198 g/mol. The van der Waals surface area contributed by atoms with E-state index in [1.165, 1.54) is 5.57 Å². The van der Waals surface area contributed by atoms with Crippen molar-refractivity contribution >= 4 is 18.0 Å². The van der Waals surface area contributed by atoms with E-state index in [9.17, 15) is 5.11 Å². The number of nitrogens with one attached hydrogen (secondary N) is 1. The number of benzene rings is 1. The minimum atomic E-state index is 0. The van der Waals surface area contributed by atoms with Gasteiger partial charge in [0.25, 0.3) is 0 Å². The lowest BCUT2D eigenvalue weighted by molar-refractivity contribution is 0.475. The van der Waals surface area contributed by atoms with Crippen LogP contribution in [0.15, 0.2) is 30.3 Å². The lowest BCUT2D eigenvalue weighted by Gasteiger charge is -2.14. The van der Waals surface area contributed by atoms with Gasteiger partial charge in [-0.25, -0.2) is 0 Å². The summed E-state index contributed by atoms with van der Waals surface area (Å²) >= 11 is 0. The molecule has 0 unspecified atom stereocenters. The number of halogens is 1. The third kappa shape index (κ3) is 2.50. The van der Waals surface area contributed by atoms with E-state index in [-0.39, 0.29) is 12.4 Å². The van der Waals surface area contributed by atoms with E-state index in [0.29, 0.717) is 5.75 Å². The van der Waals surface area contributed by atoms with Crippen LogP contribution in [-0.4, -0.2) is 18.2 Å². The minimum absolute atomic E-state index is 0. The molecule has 2 rings (SSSR count). The van der Waals surface area contributed by atoms with Gasteiger partial charge in [0.2, 0.25) is 0 Å². The predicted octanol–water partition coefficient (Wildman–Crippen LogP) is 2.19. The van der Waals surface area contributed by atoms with Crippen LogP contribution in [0.2, 0.25) is 0 Å². The normalized spacial score (nSPS) is 15.6. The molecule has 0 amide bonds. The van der Waals surface area contributed by atoms with E-state index in [1.807, 2.05) is 12.1 Å². The maximum atomic E-state index is 9.30. The number of phenols is 1. The van der Waals surface area contributed by atoms with E-state index in [4.69, 9.17) is 0 Å². The minimum Gasteiger partial charge on any atom is -0.508 e. The second-order valence-corrected chi connectivity index (χ2v) is 3.25. The highest BCUT2D eigenvalue weighted by atomic mass is 35.5. The summed E-state index contributed by atoms with van der Waals surface area (Å²) in [6, 6.07) is 7.40. The molecule has 2 N–H and O–H groups in total. The van der Waals surface area contributed by atoms with E-state index >= 15 is 0 Å².